The molecule has 114 valence electrons. The van der Waals surface area contributed by atoms with Crippen molar-refractivity contribution in [3.63, 3.8) is 0 Å². The van der Waals surface area contributed by atoms with E-state index in [-0.39, 0.29) is 4.90 Å². The molecule has 1 aromatic carbocycles. The highest BCUT2D eigenvalue weighted by molar-refractivity contribution is 7.90. The van der Waals surface area contributed by atoms with Gasteiger partial charge in [-0.3, -0.25) is 0 Å². The zero-order chi connectivity index (χ0) is 14.7. The lowest BCUT2D eigenvalue weighted by Crippen LogP contribution is -2.40. The zero-order valence-corrected chi connectivity index (χ0v) is 12.6. The van der Waals surface area contributed by atoms with Crippen LogP contribution in [0, 0.1) is 0 Å². The second kappa shape index (κ2) is 6.13. The van der Waals surface area contributed by atoms with Crippen LogP contribution in [0.5, 0.6) is 0 Å². The Kier molecular flexibility index (Phi) is 4.23. The molecule has 1 N–H and O–H groups in total. The van der Waals surface area contributed by atoms with E-state index in [0.717, 1.165) is 32.6 Å². The van der Waals surface area contributed by atoms with Crippen LogP contribution in [0.2, 0.25) is 0 Å². The van der Waals surface area contributed by atoms with Crippen molar-refractivity contribution in [2.45, 2.75) is 23.8 Å². The van der Waals surface area contributed by atoms with E-state index in [1.807, 2.05) is 17.0 Å². The first-order valence-electron chi connectivity index (χ1n) is 7.14. The molecule has 0 bridgehead atoms. The minimum atomic E-state index is -3.53. The fourth-order valence-electron chi connectivity index (χ4n) is 2.62. The molecular formula is C14H19N3O3S. The number of sulfonamides is 1. The maximum atomic E-state index is 11.9. The van der Waals surface area contributed by atoms with Gasteiger partial charge in [-0.05, 0) is 25.0 Å². The first-order chi connectivity index (χ1) is 10.2. The Morgan fingerprint density at radius 1 is 1.29 bits per heavy atom. The van der Waals surface area contributed by atoms with Gasteiger partial charge in [-0.2, -0.15) is 8.42 Å². The number of fused-ring (bicyclic) bond motifs is 1. The van der Waals surface area contributed by atoms with Crippen LogP contribution < -0.4 is 10.2 Å². The van der Waals surface area contributed by atoms with Crippen molar-refractivity contribution in [2.24, 2.45) is 4.40 Å². The maximum Gasteiger partial charge on any atom is 0.285 e. The number of nitrogens with one attached hydrogen (secondary N) is 1. The summed E-state index contributed by atoms with van der Waals surface area (Å²) in [6.07, 6.45) is 3.46. The third kappa shape index (κ3) is 3.25. The van der Waals surface area contributed by atoms with Gasteiger partial charge < -0.3 is 15.0 Å². The van der Waals surface area contributed by atoms with Crippen LogP contribution in [0.3, 0.4) is 0 Å². The van der Waals surface area contributed by atoms with Crippen LogP contribution >= 0.6 is 0 Å². The molecule has 0 atom stereocenters. The number of anilines is 1. The highest BCUT2D eigenvalue weighted by atomic mass is 32.2. The number of ether oxygens (including phenoxy) is 1. The molecule has 3 rings (SSSR count). The van der Waals surface area contributed by atoms with E-state index < -0.39 is 10.0 Å². The molecule has 0 spiro atoms. The van der Waals surface area contributed by atoms with E-state index >= 15 is 0 Å². The molecule has 2 aliphatic rings. The molecule has 2 aliphatic heterocycles. The average molecular weight is 309 g/mol. The van der Waals surface area contributed by atoms with Crippen LogP contribution in [0.4, 0.5) is 5.69 Å². The van der Waals surface area contributed by atoms with E-state index in [4.69, 9.17) is 4.74 Å². The lowest BCUT2D eigenvalue weighted by atomic mass is 10.1. The van der Waals surface area contributed by atoms with Crippen molar-refractivity contribution in [3.05, 3.63) is 24.3 Å². The van der Waals surface area contributed by atoms with Crippen LogP contribution in [-0.2, 0) is 14.8 Å². The number of hydrogen-bond acceptors (Lipinski definition) is 5. The van der Waals surface area contributed by atoms with Crippen LogP contribution in [0.25, 0.3) is 0 Å². The molecule has 0 amide bonds. The van der Waals surface area contributed by atoms with Crippen LogP contribution in [0.15, 0.2) is 33.6 Å². The minimum Gasteiger partial charge on any atom is -0.381 e. The van der Waals surface area contributed by atoms with E-state index in [2.05, 4.69) is 9.71 Å². The van der Waals surface area contributed by atoms with Gasteiger partial charge in [-0.15, -0.1) is 4.40 Å². The van der Waals surface area contributed by atoms with Crippen molar-refractivity contribution in [1.82, 2.24) is 5.32 Å². The Morgan fingerprint density at radius 3 is 2.86 bits per heavy atom. The van der Waals surface area contributed by atoms with Gasteiger partial charge in [0, 0.05) is 32.3 Å². The Morgan fingerprint density at radius 2 is 2.05 bits per heavy atom. The summed E-state index contributed by atoms with van der Waals surface area (Å²) in [6.45, 7) is 3.09. The molecular weight excluding hydrogens is 290 g/mol. The predicted molar refractivity (Wildman–Crippen MR) is 81.3 cm³/mol. The Bertz CT molecular complexity index is 624. The van der Waals surface area contributed by atoms with E-state index in [9.17, 15) is 8.42 Å². The summed E-state index contributed by atoms with van der Waals surface area (Å²) in [5.74, 6) is 0. The summed E-state index contributed by atoms with van der Waals surface area (Å²) >= 11 is 0. The molecule has 2 heterocycles. The van der Waals surface area contributed by atoms with Crippen molar-refractivity contribution in [2.75, 3.05) is 31.2 Å². The number of para-hydroxylation sites is 1. The first kappa shape index (κ1) is 14.5. The topological polar surface area (TPSA) is 71.0 Å². The first-order valence-corrected chi connectivity index (χ1v) is 8.58. The Hall–Kier alpha value is -1.44. The van der Waals surface area contributed by atoms with Gasteiger partial charge in [0.05, 0.1) is 5.69 Å². The fourth-order valence-corrected chi connectivity index (χ4v) is 3.67. The van der Waals surface area contributed by atoms with E-state index in [1.165, 1.54) is 6.34 Å². The smallest absolute Gasteiger partial charge is 0.285 e. The van der Waals surface area contributed by atoms with Crippen molar-refractivity contribution >= 4 is 22.0 Å². The van der Waals surface area contributed by atoms with Crippen LogP contribution in [0.1, 0.15) is 12.8 Å². The maximum absolute atomic E-state index is 11.9. The molecule has 1 aromatic rings. The molecule has 0 unspecified atom stereocenters. The molecule has 0 radical (unpaired) electrons. The largest absolute Gasteiger partial charge is 0.381 e. The summed E-state index contributed by atoms with van der Waals surface area (Å²) in [4.78, 5) is 2.15. The molecule has 0 saturated carbocycles. The summed E-state index contributed by atoms with van der Waals surface area (Å²) in [5, 5.41) is 3.49. The number of hydrogen-bond donors (Lipinski definition) is 1. The normalized spacial score (nSPS) is 21.2. The third-order valence-electron chi connectivity index (χ3n) is 3.78. The quantitative estimate of drug-likeness (QED) is 0.898. The molecule has 1 saturated heterocycles. The summed E-state index contributed by atoms with van der Waals surface area (Å²) in [5.41, 5.74) is 0.696. The van der Waals surface area contributed by atoms with Gasteiger partial charge in [-0.1, -0.05) is 12.1 Å². The van der Waals surface area contributed by atoms with Gasteiger partial charge in [0.15, 0.2) is 0 Å². The van der Waals surface area contributed by atoms with E-state index in [0.29, 0.717) is 18.3 Å². The van der Waals surface area contributed by atoms with Gasteiger partial charge in [0.25, 0.3) is 10.0 Å². The standard InChI is InChI=1S/C14H19N3O3S/c18-21(19)14-4-2-1-3-13(14)17(11-16-21)8-7-15-12-5-9-20-10-6-12/h1-4,11-12,15H,5-10H2. The lowest BCUT2D eigenvalue weighted by molar-refractivity contribution is 0.0783. The third-order valence-corrected chi connectivity index (χ3v) is 5.06. The fraction of sp³-hybridized carbons (Fsp3) is 0.500. The molecule has 1 fully saturated rings. The molecule has 6 nitrogen and oxygen atoms in total. The van der Waals surface area contributed by atoms with Crippen molar-refractivity contribution in [3.8, 4) is 0 Å². The highest BCUT2D eigenvalue weighted by Crippen LogP contribution is 2.28. The van der Waals surface area contributed by atoms with Crippen molar-refractivity contribution < 1.29 is 13.2 Å². The molecule has 7 heteroatoms. The van der Waals surface area contributed by atoms with Gasteiger partial charge in [-0.25, -0.2) is 0 Å². The summed E-state index contributed by atoms with van der Waals surface area (Å²) in [7, 11) is -3.53. The van der Waals surface area contributed by atoms with Gasteiger partial charge >= 0.3 is 0 Å². The number of rotatable bonds is 4. The van der Waals surface area contributed by atoms with Crippen molar-refractivity contribution in [1.29, 1.82) is 0 Å². The lowest BCUT2D eigenvalue weighted by Gasteiger charge is -2.27. The SMILES string of the molecule is O=S1(=O)N=CN(CCNC2CCOCC2)c2ccccc21. The highest BCUT2D eigenvalue weighted by Gasteiger charge is 2.24. The molecule has 0 aliphatic carbocycles. The molecule has 0 aromatic heterocycles. The Labute approximate surface area is 124 Å². The summed E-state index contributed by atoms with van der Waals surface area (Å²) < 4.78 is 32.8. The van der Waals surface area contributed by atoms with E-state index in [1.54, 1.807) is 12.1 Å². The number of nitrogens with zero attached hydrogens (tertiary/aromatic N) is 2. The summed E-state index contributed by atoms with van der Waals surface area (Å²) in [6, 6.07) is 7.45. The van der Waals surface area contributed by atoms with Gasteiger partial charge in [0.2, 0.25) is 0 Å². The Balaban J connectivity index is 1.64. The second-order valence-corrected chi connectivity index (χ2v) is 6.80. The monoisotopic (exact) mass is 309 g/mol. The molecule has 21 heavy (non-hydrogen) atoms. The second-order valence-electron chi connectivity index (χ2n) is 5.20. The number of benzene rings is 1. The zero-order valence-electron chi connectivity index (χ0n) is 11.7. The minimum absolute atomic E-state index is 0.276. The average Bonchev–Trinajstić information content (AvgIpc) is 2.51. The predicted octanol–water partition coefficient (Wildman–Crippen LogP) is 0.992. The van der Waals surface area contributed by atoms with Gasteiger partial charge in [0.1, 0.15) is 11.2 Å². The van der Waals surface area contributed by atoms with Crippen LogP contribution in [-0.4, -0.2) is 47.1 Å².